The molecule has 86 valence electrons. The molecule has 0 aromatic rings. The minimum Gasteiger partial charge on any atom is -0.453 e. The monoisotopic (exact) mass is 214 g/mol. The topological polar surface area (TPSA) is 58.6 Å². The summed E-state index contributed by atoms with van der Waals surface area (Å²) in [6.45, 7) is 5.40. The van der Waals surface area contributed by atoms with E-state index in [1.807, 2.05) is 13.8 Å². The lowest BCUT2D eigenvalue weighted by Crippen LogP contribution is -2.55. The second-order valence-corrected chi connectivity index (χ2v) is 4.04. The van der Waals surface area contributed by atoms with Crippen molar-refractivity contribution < 1.29 is 14.3 Å². The van der Waals surface area contributed by atoms with Crippen molar-refractivity contribution in [2.75, 3.05) is 20.2 Å². The van der Waals surface area contributed by atoms with Gasteiger partial charge in [-0.15, -0.1) is 0 Å². The van der Waals surface area contributed by atoms with Gasteiger partial charge in [-0.1, -0.05) is 13.8 Å². The Bertz CT molecular complexity index is 249. The zero-order chi connectivity index (χ0) is 11.4. The van der Waals surface area contributed by atoms with Crippen LogP contribution in [0.5, 0.6) is 0 Å². The molecular formula is C10H18N2O3. The molecule has 1 fully saturated rings. The van der Waals surface area contributed by atoms with Crippen LogP contribution in [0.25, 0.3) is 0 Å². The number of carbonyl (C=O) groups is 2. The van der Waals surface area contributed by atoms with Gasteiger partial charge in [0.1, 0.15) is 6.04 Å². The maximum atomic E-state index is 11.9. The molecule has 1 rings (SSSR count). The van der Waals surface area contributed by atoms with Crippen LogP contribution in [0, 0.1) is 5.92 Å². The Morgan fingerprint density at radius 1 is 1.33 bits per heavy atom. The number of methoxy groups -OCH3 is 1. The highest BCUT2D eigenvalue weighted by atomic mass is 16.5. The zero-order valence-electron chi connectivity index (χ0n) is 9.45. The van der Waals surface area contributed by atoms with Crippen LogP contribution in [0.3, 0.4) is 0 Å². The average Bonchev–Trinajstić information content (AvgIpc) is 2.10. The first-order valence-corrected chi connectivity index (χ1v) is 5.19. The van der Waals surface area contributed by atoms with Crippen molar-refractivity contribution in [3.05, 3.63) is 0 Å². The largest absolute Gasteiger partial charge is 0.453 e. The highest BCUT2D eigenvalue weighted by molar-refractivity contribution is 5.86. The summed E-state index contributed by atoms with van der Waals surface area (Å²) >= 11 is 0. The van der Waals surface area contributed by atoms with Crippen LogP contribution in [0.2, 0.25) is 0 Å². The molecular weight excluding hydrogens is 196 g/mol. The van der Waals surface area contributed by atoms with Gasteiger partial charge in [0.2, 0.25) is 5.91 Å². The first-order chi connectivity index (χ1) is 7.06. The van der Waals surface area contributed by atoms with Gasteiger partial charge in [0, 0.05) is 13.1 Å². The summed E-state index contributed by atoms with van der Waals surface area (Å²) < 4.78 is 4.49. The van der Waals surface area contributed by atoms with E-state index < -0.39 is 12.1 Å². The minimum atomic E-state index is -0.553. The van der Waals surface area contributed by atoms with Gasteiger partial charge in [-0.05, 0) is 12.3 Å². The van der Waals surface area contributed by atoms with Crippen molar-refractivity contribution in [3.8, 4) is 0 Å². The molecule has 5 heteroatoms. The predicted octanol–water partition coefficient (Wildman–Crippen LogP) is 0.599. The number of nitrogens with one attached hydrogen (secondary N) is 1. The summed E-state index contributed by atoms with van der Waals surface area (Å²) in [6.07, 6.45) is 0.497. The lowest BCUT2D eigenvalue weighted by atomic mass is 10.0. The molecule has 1 aliphatic rings. The van der Waals surface area contributed by atoms with Crippen LogP contribution in [-0.2, 0) is 9.53 Å². The molecule has 1 heterocycles. The summed E-state index contributed by atoms with van der Waals surface area (Å²) in [5.41, 5.74) is 0. The minimum absolute atomic E-state index is 0.0124. The molecule has 0 bridgehead atoms. The smallest absolute Gasteiger partial charge is 0.407 e. The quantitative estimate of drug-likeness (QED) is 0.748. The van der Waals surface area contributed by atoms with Crippen molar-refractivity contribution in [2.45, 2.75) is 26.3 Å². The van der Waals surface area contributed by atoms with Crippen LogP contribution >= 0.6 is 0 Å². The molecule has 1 N–H and O–H groups in total. The summed E-state index contributed by atoms with van der Waals surface area (Å²) in [6, 6.07) is -0.474. The highest BCUT2D eigenvalue weighted by Gasteiger charge is 2.31. The van der Waals surface area contributed by atoms with Crippen LogP contribution in [0.1, 0.15) is 20.3 Å². The lowest BCUT2D eigenvalue weighted by molar-refractivity contribution is -0.137. The van der Waals surface area contributed by atoms with Gasteiger partial charge in [0.05, 0.1) is 7.11 Å². The summed E-state index contributed by atoms with van der Waals surface area (Å²) in [5, 5.41) is 2.56. The van der Waals surface area contributed by atoms with E-state index in [1.54, 1.807) is 4.90 Å². The SMILES string of the molecule is COC(=O)N[C@H](C(=O)N1CCC1)C(C)C. The number of rotatable bonds is 3. The van der Waals surface area contributed by atoms with Crippen LogP contribution in [0.4, 0.5) is 4.79 Å². The van der Waals surface area contributed by atoms with Crippen molar-refractivity contribution in [1.82, 2.24) is 10.2 Å². The molecule has 0 aliphatic carbocycles. The number of amides is 2. The Morgan fingerprint density at radius 2 is 1.93 bits per heavy atom. The van der Waals surface area contributed by atoms with Crippen molar-refractivity contribution in [2.24, 2.45) is 5.92 Å². The fourth-order valence-corrected chi connectivity index (χ4v) is 1.43. The van der Waals surface area contributed by atoms with Crippen molar-refractivity contribution in [1.29, 1.82) is 0 Å². The zero-order valence-corrected chi connectivity index (χ0v) is 9.45. The predicted molar refractivity (Wildman–Crippen MR) is 55.4 cm³/mol. The third kappa shape index (κ3) is 2.84. The van der Waals surface area contributed by atoms with Gasteiger partial charge in [-0.2, -0.15) is 0 Å². The molecule has 0 radical (unpaired) electrons. The summed E-state index contributed by atoms with van der Waals surface area (Å²) in [7, 11) is 1.29. The Kier molecular flexibility index (Phi) is 3.94. The number of carbonyl (C=O) groups excluding carboxylic acids is 2. The molecule has 5 nitrogen and oxygen atoms in total. The second kappa shape index (κ2) is 5.00. The molecule has 1 saturated heterocycles. The second-order valence-electron chi connectivity index (χ2n) is 4.04. The Labute approximate surface area is 89.8 Å². The van der Waals surface area contributed by atoms with E-state index in [-0.39, 0.29) is 11.8 Å². The first-order valence-electron chi connectivity index (χ1n) is 5.19. The molecule has 2 amide bonds. The molecule has 0 aromatic heterocycles. The van der Waals surface area contributed by atoms with Gasteiger partial charge in [0.25, 0.3) is 0 Å². The number of likely N-dealkylation sites (tertiary alicyclic amines) is 1. The third-order valence-corrected chi connectivity index (χ3v) is 2.56. The maximum absolute atomic E-state index is 11.9. The standard InChI is InChI=1S/C10H18N2O3/c1-7(2)8(11-10(14)15-3)9(13)12-5-4-6-12/h7-8H,4-6H2,1-3H3,(H,11,14)/t8-/m0/s1. The third-order valence-electron chi connectivity index (χ3n) is 2.56. The van der Waals surface area contributed by atoms with E-state index in [4.69, 9.17) is 0 Å². The molecule has 1 aliphatic heterocycles. The van der Waals surface area contributed by atoms with E-state index >= 15 is 0 Å². The van der Waals surface area contributed by atoms with Gasteiger partial charge in [-0.25, -0.2) is 4.79 Å². The van der Waals surface area contributed by atoms with E-state index in [0.29, 0.717) is 0 Å². The Hall–Kier alpha value is -1.26. The van der Waals surface area contributed by atoms with Gasteiger partial charge >= 0.3 is 6.09 Å². The van der Waals surface area contributed by atoms with E-state index in [9.17, 15) is 9.59 Å². The number of hydrogen-bond acceptors (Lipinski definition) is 3. The molecule has 0 spiro atoms. The Morgan fingerprint density at radius 3 is 2.27 bits per heavy atom. The Balaban J connectivity index is 2.56. The summed E-state index contributed by atoms with van der Waals surface area (Å²) in [5.74, 6) is 0.0545. The molecule has 1 atom stereocenters. The average molecular weight is 214 g/mol. The fraction of sp³-hybridized carbons (Fsp3) is 0.800. The van der Waals surface area contributed by atoms with Crippen molar-refractivity contribution >= 4 is 12.0 Å². The molecule has 0 saturated carbocycles. The van der Waals surface area contributed by atoms with Crippen LogP contribution in [-0.4, -0.2) is 43.1 Å². The highest BCUT2D eigenvalue weighted by Crippen LogP contribution is 2.12. The van der Waals surface area contributed by atoms with Crippen LogP contribution in [0.15, 0.2) is 0 Å². The number of hydrogen-bond donors (Lipinski definition) is 1. The molecule has 0 unspecified atom stereocenters. The van der Waals surface area contributed by atoms with Crippen molar-refractivity contribution in [3.63, 3.8) is 0 Å². The van der Waals surface area contributed by atoms with Crippen LogP contribution < -0.4 is 5.32 Å². The van der Waals surface area contributed by atoms with Gasteiger partial charge in [0.15, 0.2) is 0 Å². The number of nitrogens with zero attached hydrogens (tertiary/aromatic N) is 1. The molecule has 15 heavy (non-hydrogen) atoms. The van der Waals surface area contributed by atoms with Gasteiger partial charge in [-0.3, -0.25) is 4.79 Å². The first kappa shape index (κ1) is 11.8. The number of alkyl carbamates (subject to hydrolysis) is 1. The maximum Gasteiger partial charge on any atom is 0.407 e. The van der Waals surface area contributed by atoms with Gasteiger partial charge < -0.3 is 15.0 Å². The normalized spacial score (nSPS) is 16.9. The lowest BCUT2D eigenvalue weighted by Gasteiger charge is -2.35. The number of ether oxygens (including phenoxy) is 1. The molecule has 0 aromatic carbocycles. The van der Waals surface area contributed by atoms with E-state index in [2.05, 4.69) is 10.1 Å². The van der Waals surface area contributed by atoms with E-state index in [1.165, 1.54) is 7.11 Å². The van der Waals surface area contributed by atoms with E-state index in [0.717, 1.165) is 19.5 Å². The fourth-order valence-electron chi connectivity index (χ4n) is 1.43. The summed E-state index contributed by atoms with van der Waals surface area (Å²) in [4.78, 5) is 24.7.